The molecule has 0 radical (unpaired) electrons. The van der Waals surface area contributed by atoms with Crippen LogP contribution in [0.15, 0.2) is 91.0 Å². The monoisotopic (exact) mass is 343 g/mol. The fraction of sp³-hybridized carbons (Fsp3) is 0.280. The Morgan fingerprint density at radius 1 is 0.500 bits per heavy atom. The third kappa shape index (κ3) is 4.05. The minimum absolute atomic E-state index is 0.105. The van der Waals surface area contributed by atoms with Crippen molar-refractivity contribution < 1.29 is 0 Å². The van der Waals surface area contributed by atoms with E-state index in [1.807, 2.05) is 0 Å². The lowest BCUT2D eigenvalue weighted by molar-refractivity contribution is 0.504. The third-order valence-corrected chi connectivity index (χ3v) is 5.31. The zero-order valence-electron chi connectivity index (χ0n) is 15.5. The van der Waals surface area contributed by atoms with Crippen LogP contribution in [0.5, 0.6) is 0 Å². The van der Waals surface area contributed by atoms with Crippen LogP contribution < -0.4 is 5.73 Å². The van der Waals surface area contributed by atoms with Crippen molar-refractivity contribution in [3.05, 3.63) is 108 Å². The van der Waals surface area contributed by atoms with E-state index in [1.165, 1.54) is 36.0 Å². The molecule has 1 nitrogen and oxygen atoms in total. The Bertz CT molecular complexity index is 653. The number of nitrogens with two attached hydrogens (primary N) is 1. The summed E-state index contributed by atoms with van der Waals surface area (Å²) in [6, 6.07) is 32.9. The van der Waals surface area contributed by atoms with E-state index in [1.54, 1.807) is 0 Å². The van der Waals surface area contributed by atoms with Gasteiger partial charge >= 0.3 is 0 Å². The first-order valence-corrected chi connectivity index (χ1v) is 9.74. The lowest BCUT2D eigenvalue weighted by Gasteiger charge is -2.36. The molecule has 26 heavy (non-hydrogen) atoms. The first-order valence-electron chi connectivity index (χ1n) is 9.74. The zero-order valence-corrected chi connectivity index (χ0v) is 15.5. The van der Waals surface area contributed by atoms with E-state index < -0.39 is 0 Å². The number of hydrogen-bond acceptors (Lipinski definition) is 1. The highest BCUT2D eigenvalue weighted by Gasteiger charge is 2.35. The van der Waals surface area contributed by atoms with Gasteiger partial charge < -0.3 is 5.73 Å². The highest BCUT2D eigenvalue weighted by molar-refractivity contribution is 5.50. The first-order chi connectivity index (χ1) is 12.9. The summed E-state index contributed by atoms with van der Waals surface area (Å²) in [4.78, 5) is 0. The van der Waals surface area contributed by atoms with E-state index in [0.29, 0.717) is 0 Å². The van der Waals surface area contributed by atoms with Gasteiger partial charge in [-0.2, -0.15) is 0 Å². The van der Waals surface area contributed by atoms with Crippen molar-refractivity contribution in [1.82, 2.24) is 0 Å². The first kappa shape index (κ1) is 18.4. The standard InChI is InChI=1S/C25H29N/c26-21-13-2-1-12-20-25(22-14-6-3-7-15-22,23-16-8-4-9-17-23)24-18-10-5-11-19-24/h3-11,14-19H,1-2,12-13,20-21,26H2. The molecule has 0 aromatic heterocycles. The maximum absolute atomic E-state index is 5.67. The number of hydrogen-bond donors (Lipinski definition) is 1. The summed E-state index contributed by atoms with van der Waals surface area (Å²) >= 11 is 0. The third-order valence-electron chi connectivity index (χ3n) is 5.31. The Labute approximate surface area is 157 Å². The van der Waals surface area contributed by atoms with Crippen LogP contribution in [0.3, 0.4) is 0 Å². The van der Waals surface area contributed by atoms with Gasteiger partial charge in [0.2, 0.25) is 0 Å². The van der Waals surface area contributed by atoms with Crippen molar-refractivity contribution in [3.63, 3.8) is 0 Å². The smallest absolute Gasteiger partial charge is 0.0451 e. The van der Waals surface area contributed by atoms with Crippen LogP contribution in [0.4, 0.5) is 0 Å². The molecule has 0 aliphatic heterocycles. The van der Waals surface area contributed by atoms with E-state index >= 15 is 0 Å². The van der Waals surface area contributed by atoms with E-state index in [2.05, 4.69) is 91.0 Å². The molecular weight excluding hydrogens is 314 g/mol. The maximum atomic E-state index is 5.67. The van der Waals surface area contributed by atoms with Gasteiger partial charge in [0, 0.05) is 5.41 Å². The van der Waals surface area contributed by atoms with Gasteiger partial charge in [-0.05, 0) is 36.1 Å². The Kier molecular flexibility index (Phi) is 6.62. The fourth-order valence-electron chi connectivity index (χ4n) is 3.99. The summed E-state index contributed by atoms with van der Waals surface area (Å²) in [7, 11) is 0. The van der Waals surface area contributed by atoms with Crippen molar-refractivity contribution in [2.75, 3.05) is 6.54 Å². The van der Waals surface area contributed by atoms with Crippen molar-refractivity contribution in [3.8, 4) is 0 Å². The average molecular weight is 344 g/mol. The molecule has 0 amide bonds. The van der Waals surface area contributed by atoms with Crippen molar-refractivity contribution in [2.45, 2.75) is 37.5 Å². The van der Waals surface area contributed by atoms with E-state index in [4.69, 9.17) is 5.73 Å². The molecule has 0 atom stereocenters. The van der Waals surface area contributed by atoms with Gasteiger partial charge in [-0.3, -0.25) is 0 Å². The van der Waals surface area contributed by atoms with Crippen LogP contribution in [0.1, 0.15) is 48.8 Å². The zero-order chi connectivity index (χ0) is 18.1. The Balaban J connectivity index is 2.06. The molecule has 0 heterocycles. The van der Waals surface area contributed by atoms with Gasteiger partial charge in [0.1, 0.15) is 0 Å². The second-order valence-electron chi connectivity index (χ2n) is 6.96. The quantitative estimate of drug-likeness (QED) is 0.378. The van der Waals surface area contributed by atoms with E-state index in [0.717, 1.165) is 19.4 Å². The van der Waals surface area contributed by atoms with Crippen LogP contribution in [0.2, 0.25) is 0 Å². The van der Waals surface area contributed by atoms with Crippen LogP contribution in [0, 0.1) is 0 Å². The highest BCUT2D eigenvalue weighted by Crippen LogP contribution is 2.43. The largest absolute Gasteiger partial charge is 0.330 e. The van der Waals surface area contributed by atoms with Crippen LogP contribution in [-0.4, -0.2) is 6.54 Å². The lowest BCUT2D eigenvalue weighted by atomic mass is 9.66. The molecule has 0 saturated heterocycles. The second-order valence-corrected chi connectivity index (χ2v) is 6.96. The summed E-state index contributed by atoms with van der Waals surface area (Å²) in [5, 5.41) is 0. The average Bonchev–Trinajstić information content (AvgIpc) is 2.73. The van der Waals surface area contributed by atoms with Gasteiger partial charge in [0.05, 0.1) is 0 Å². The molecule has 1 heteroatoms. The molecule has 0 saturated carbocycles. The van der Waals surface area contributed by atoms with E-state index in [9.17, 15) is 0 Å². The van der Waals surface area contributed by atoms with Crippen LogP contribution in [-0.2, 0) is 5.41 Å². The summed E-state index contributed by atoms with van der Waals surface area (Å²) in [5.74, 6) is 0. The normalized spacial score (nSPS) is 11.4. The molecule has 3 aromatic carbocycles. The molecule has 2 N–H and O–H groups in total. The predicted molar refractivity (Wildman–Crippen MR) is 111 cm³/mol. The van der Waals surface area contributed by atoms with Crippen LogP contribution >= 0.6 is 0 Å². The van der Waals surface area contributed by atoms with Crippen molar-refractivity contribution in [2.24, 2.45) is 5.73 Å². The minimum Gasteiger partial charge on any atom is -0.330 e. The topological polar surface area (TPSA) is 26.0 Å². The van der Waals surface area contributed by atoms with Crippen molar-refractivity contribution in [1.29, 1.82) is 0 Å². The molecule has 3 aromatic rings. The summed E-state index contributed by atoms with van der Waals surface area (Å²) in [5.41, 5.74) is 9.68. The molecule has 0 bridgehead atoms. The predicted octanol–water partition coefficient (Wildman–Crippen LogP) is 5.93. The van der Waals surface area contributed by atoms with Crippen molar-refractivity contribution >= 4 is 0 Å². The number of unbranched alkanes of at least 4 members (excludes halogenated alkanes) is 3. The number of benzene rings is 3. The maximum Gasteiger partial charge on any atom is 0.0451 e. The SMILES string of the molecule is NCCCCCCC(c1ccccc1)(c1ccccc1)c1ccccc1. The molecular formula is C25H29N. The summed E-state index contributed by atoms with van der Waals surface area (Å²) in [6.07, 6.45) is 5.86. The summed E-state index contributed by atoms with van der Waals surface area (Å²) in [6.45, 7) is 0.793. The lowest BCUT2D eigenvalue weighted by Crippen LogP contribution is -2.29. The molecule has 3 rings (SSSR count). The minimum atomic E-state index is -0.105. The van der Waals surface area contributed by atoms with Gasteiger partial charge in [-0.15, -0.1) is 0 Å². The highest BCUT2D eigenvalue weighted by atomic mass is 14.5. The number of rotatable bonds is 9. The van der Waals surface area contributed by atoms with Gasteiger partial charge in [0.15, 0.2) is 0 Å². The molecule has 0 fully saturated rings. The molecule has 0 aliphatic carbocycles. The molecule has 134 valence electrons. The fourth-order valence-corrected chi connectivity index (χ4v) is 3.99. The second kappa shape index (κ2) is 9.35. The van der Waals surface area contributed by atoms with E-state index in [-0.39, 0.29) is 5.41 Å². The van der Waals surface area contributed by atoms with Gasteiger partial charge in [-0.25, -0.2) is 0 Å². The molecule has 0 unspecified atom stereocenters. The van der Waals surface area contributed by atoms with Crippen LogP contribution in [0.25, 0.3) is 0 Å². The Morgan fingerprint density at radius 2 is 0.885 bits per heavy atom. The summed E-state index contributed by atoms with van der Waals surface area (Å²) < 4.78 is 0. The molecule has 0 aliphatic rings. The van der Waals surface area contributed by atoms with Gasteiger partial charge in [-0.1, -0.05) is 110 Å². The van der Waals surface area contributed by atoms with Gasteiger partial charge in [0.25, 0.3) is 0 Å². The molecule has 0 spiro atoms. The Hall–Kier alpha value is -2.38. The Morgan fingerprint density at radius 3 is 1.27 bits per heavy atom.